The molecule has 2 nitrogen and oxygen atoms in total. The van der Waals surface area contributed by atoms with E-state index in [1.165, 1.54) is 17.5 Å². The Kier molecular flexibility index (Phi) is 3.08. The van der Waals surface area contributed by atoms with Gasteiger partial charge in [-0.3, -0.25) is 0 Å². The Bertz CT molecular complexity index is 335. The summed E-state index contributed by atoms with van der Waals surface area (Å²) in [6, 6.07) is 9.24. The van der Waals surface area contributed by atoms with E-state index in [0.29, 0.717) is 6.04 Å². The monoisotopic (exact) mass is 204 g/mol. The highest BCUT2D eigenvalue weighted by Gasteiger charge is 2.31. The highest BCUT2D eigenvalue weighted by Crippen LogP contribution is 2.31. The summed E-state index contributed by atoms with van der Waals surface area (Å²) in [4.78, 5) is 2.39. The molecule has 15 heavy (non-hydrogen) atoms. The van der Waals surface area contributed by atoms with Crippen molar-refractivity contribution in [1.82, 2.24) is 4.90 Å². The molecule has 1 aromatic carbocycles. The van der Waals surface area contributed by atoms with Crippen LogP contribution in [0.2, 0.25) is 0 Å². The quantitative estimate of drug-likeness (QED) is 0.815. The first kappa shape index (κ1) is 10.7. The molecular formula is C13H20N2. The molecule has 0 saturated carbocycles. The zero-order valence-electron chi connectivity index (χ0n) is 9.61. The number of likely N-dealkylation sites (N-methyl/N-ethyl adjacent to an activating group) is 1. The number of nitrogens with zero attached hydrogens (tertiary/aromatic N) is 1. The molecule has 0 aliphatic heterocycles. The molecule has 1 aromatic rings. The lowest BCUT2D eigenvalue weighted by Gasteiger charge is -2.27. The Balaban J connectivity index is 2.16. The maximum atomic E-state index is 6.28. The fraction of sp³-hybridized carbons (Fsp3) is 0.538. The SMILES string of the molecule is CCCN(C)C1Cc2ccccc2C1N. The third-order valence-corrected chi connectivity index (χ3v) is 3.40. The zero-order valence-corrected chi connectivity index (χ0v) is 9.61. The number of fused-ring (bicyclic) bond motifs is 1. The van der Waals surface area contributed by atoms with E-state index in [2.05, 4.69) is 43.1 Å². The van der Waals surface area contributed by atoms with E-state index in [9.17, 15) is 0 Å². The fourth-order valence-electron chi connectivity index (χ4n) is 2.55. The molecule has 0 radical (unpaired) electrons. The molecular weight excluding hydrogens is 184 g/mol. The van der Waals surface area contributed by atoms with Gasteiger partial charge in [-0.1, -0.05) is 31.2 Å². The van der Waals surface area contributed by atoms with Gasteiger partial charge in [0.15, 0.2) is 0 Å². The van der Waals surface area contributed by atoms with E-state index in [-0.39, 0.29) is 6.04 Å². The maximum Gasteiger partial charge on any atom is 0.0459 e. The predicted octanol–water partition coefficient (Wildman–Crippen LogP) is 1.95. The van der Waals surface area contributed by atoms with Gasteiger partial charge in [-0.05, 0) is 37.6 Å². The molecule has 2 N–H and O–H groups in total. The highest BCUT2D eigenvalue weighted by molar-refractivity contribution is 5.36. The number of hydrogen-bond acceptors (Lipinski definition) is 2. The number of hydrogen-bond donors (Lipinski definition) is 1. The number of rotatable bonds is 3. The van der Waals surface area contributed by atoms with E-state index in [0.717, 1.165) is 13.0 Å². The molecule has 0 heterocycles. The van der Waals surface area contributed by atoms with Crippen molar-refractivity contribution in [2.45, 2.75) is 31.8 Å². The van der Waals surface area contributed by atoms with Gasteiger partial charge in [-0.2, -0.15) is 0 Å². The topological polar surface area (TPSA) is 29.3 Å². The van der Waals surface area contributed by atoms with Crippen molar-refractivity contribution in [2.24, 2.45) is 5.73 Å². The van der Waals surface area contributed by atoms with Gasteiger partial charge < -0.3 is 10.6 Å². The molecule has 2 rings (SSSR count). The summed E-state index contributed by atoms with van der Waals surface area (Å²) in [6.07, 6.45) is 2.30. The van der Waals surface area contributed by atoms with Crippen molar-refractivity contribution in [2.75, 3.05) is 13.6 Å². The first-order chi connectivity index (χ1) is 7.24. The second kappa shape index (κ2) is 4.33. The summed E-state index contributed by atoms with van der Waals surface area (Å²) in [5, 5.41) is 0. The lowest BCUT2D eigenvalue weighted by molar-refractivity contribution is 0.223. The van der Waals surface area contributed by atoms with E-state index in [1.54, 1.807) is 0 Å². The molecule has 0 saturated heterocycles. The van der Waals surface area contributed by atoms with Crippen LogP contribution in [0.25, 0.3) is 0 Å². The first-order valence-corrected chi connectivity index (χ1v) is 5.77. The molecule has 2 atom stereocenters. The van der Waals surface area contributed by atoms with Gasteiger partial charge in [-0.25, -0.2) is 0 Å². The van der Waals surface area contributed by atoms with Crippen LogP contribution in [-0.2, 0) is 6.42 Å². The van der Waals surface area contributed by atoms with E-state index in [4.69, 9.17) is 5.73 Å². The van der Waals surface area contributed by atoms with Gasteiger partial charge in [0.1, 0.15) is 0 Å². The van der Waals surface area contributed by atoms with Gasteiger partial charge in [0.25, 0.3) is 0 Å². The zero-order chi connectivity index (χ0) is 10.8. The minimum Gasteiger partial charge on any atom is -0.323 e. The standard InChI is InChI=1S/C13H20N2/c1-3-8-15(2)12-9-10-6-4-5-7-11(10)13(12)14/h4-7,12-13H,3,8-9,14H2,1-2H3. The summed E-state index contributed by atoms with van der Waals surface area (Å²) in [7, 11) is 2.18. The van der Waals surface area contributed by atoms with Gasteiger partial charge in [0, 0.05) is 12.1 Å². The fourth-order valence-corrected chi connectivity index (χ4v) is 2.55. The van der Waals surface area contributed by atoms with Crippen molar-refractivity contribution in [3.05, 3.63) is 35.4 Å². The second-order valence-electron chi connectivity index (χ2n) is 4.48. The Morgan fingerprint density at radius 1 is 1.40 bits per heavy atom. The van der Waals surface area contributed by atoms with Crippen LogP contribution >= 0.6 is 0 Å². The third kappa shape index (κ3) is 1.92. The van der Waals surface area contributed by atoms with Crippen LogP contribution in [0.5, 0.6) is 0 Å². The van der Waals surface area contributed by atoms with Crippen LogP contribution in [0.4, 0.5) is 0 Å². The van der Waals surface area contributed by atoms with Gasteiger partial charge in [0.05, 0.1) is 0 Å². The molecule has 0 aromatic heterocycles. The summed E-state index contributed by atoms with van der Waals surface area (Å²) >= 11 is 0. The second-order valence-corrected chi connectivity index (χ2v) is 4.48. The van der Waals surface area contributed by atoms with Gasteiger partial charge >= 0.3 is 0 Å². The molecule has 0 fully saturated rings. The minimum absolute atomic E-state index is 0.192. The third-order valence-electron chi connectivity index (χ3n) is 3.40. The van der Waals surface area contributed by atoms with Crippen LogP contribution in [0.15, 0.2) is 24.3 Å². The van der Waals surface area contributed by atoms with E-state index >= 15 is 0 Å². The Hall–Kier alpha value is -0.860. The van der Waals surface area contributed by atoms with Crippen molar-refractivity contribution in [3.63, 3.8) is 0 Å². The average molecular weight is 204 g/mol. The Morgan fingerprint density at radius 2 is 2.13 bits per heavy atom. The highest BCUT2D eigenvalue weighted by atomic mass is 15.1. The number of nitrogens with two attached hydrogens (primary N) is 1. The summed E-state index contributed by atoms with van der Waals surface area (Å²) in [5.74, 6) is 0. The van der Waals surface area contributed by atoms with Crippen molar-refractivity contribution in [3.8, 4) is 0 Å². The lowest BCUT2D eigenvalue weighted by Crippen LogP contribution is -2.38. The van der Waals surface area contributed by atoms with Gasteiger partial charge in [-0.15, -0.1) is 0 Å². The first-order valence-electron chi connectivity index (χ1n) is 5.77. The summed E-state index contributed by atoms with van der Waals surface area (Å²) in [6.45, 7) is 3.34. The normalized spacial score (nSPS) is 24.5. The smallest absolute Gasteiger partial charge is 0.0459 e. The van der Waals surface area contributed by atoms with E-state index < -0.39 is 0 Å². The molecule has 0 amide bonds. The Morgan fingerprint density at radius 3 is 2.80 bits per heavy atom. The summed E-state index contributed by atoms with van der Waals surface area (Å²) in [5.41, 5.74) is 9.05. The van der Waals surface area contributed by atoms with Crippen molar-refractivity contribution in [1.29, 1.82) is 0 Å². The molecule has 0 bridgehead atoms. The van der Waals surface area contributed by atoms with Crippen molar-refractivity contribution >= 4 is 0 Å². The lowest BCUT2D eigenvalue weighted by atomic mass is 10.1. The molecule has 2 unspecified atom stereocenters. The molecule has 1 aliphatic rings. The Labute approximate surface area is 92.1 Å². The minimum atomic E-state index is 0.192. The maximum absolute atomic E-state index is 6.28. The van der Waals surface area contributed by atoms with Crippen LogP contribution in [0, 0.1) is 0 Å². The molecule has 0 spiro atoms. The average Bonchev–Trinajstić information content (AvgIpc) is 2.57. The molecule has 1 aliphatic carbocycles. The van der Waals surface area contributed by atoms with E-state index in [1.807, 2.05) is 0 Å². The van der Waals surface area contributed by atoms with Crippen LogP contribution in [0.1, 0.15) is 30.5 Å². The number of benzene rings is 1. The van der Waals surface area contributed by atoms with Crippen LogP contribution < -0.4 is 5.73 Å². The van der Waals surface area contributed by atoms with Crippen LogP contribution in [-0.4, -0.2) is 24.5 Å². The molecule has 82 valence electrons. The van der Waals surface area contributed by atoms with Gasteiger partial charge in [0.2, 0.25) is 0 Å². The van der Waals surface area contributed by atoms with Crippen molar-refractivity contribution < 1.29 is 0 Å². The van der Waals surface area contributed by atoms with Crippen LogP contribution in [0.3, 0.4) is 0 Å². The molecule has 2 heteroatoms. The predicted molar refractivity (Wildman–Crippen MR) is 63.8 cm³/mol. The largest absolute Gasteiger partial charge is 0.323 e. The summed E-state index contributed by atoms with van der Waals surface area (Å²) < 4.78 is 0.